The Labute approximate surface area is 61.9 Å². The summed E-state index contributed by atoms with van der Waals surface area (Å²) in [5.74, 6) is 0. The van der Waals surface area contributed by atoms with Crippen molar-refractivity contribution in [2.75, 3.05) is 0 Å². The Hall–Kier alpha value is -0.820. The first-order chi connectivity index (χ1) is 4.74. The summed E-state index contributed by atoms with van der Waals surface area (Å²) in [6.45, 7) is 5.14. The van der Waals surface area contributed by atoms with Gasteiger partial charge in [0.25, 0.3) is 0 Å². The molecule has 1 nitrogen and oxygen atoms in total. The first-order valence-electron chi connectivity index (χ1n) is 3.59. The first-order valence-corrected chi connectivity index (χ1v) is 3.59. The summed E-state index contributed by atoms with van der Waals surface area (Å²) in [5, 5.41) is 0. The predicted molar refractivity (Wildman–Crippen MR) is 42.5 cm³/mol. The fraction of sp³-hybridized carbons (Fsp3) is 0.333. The molecule has 10 heavy (non-hydrogen) atoms. The van der Waals surface area contributed by atoms with Gasteiger partial charge in [-0.05, 0) is 19.4 Å². The summed E-state index contributed by atoms with van der Waals surface area (Å²) in [6, 6.07) is 6.48. The van der Waals surface area contributed by atoms with E-state index < -0.39 is 0 Å². The zero-order chi connectivity index (χ0) is 7.56. The molecule has 0 spiro atoms. The van der Waals surface area contributed by atoms with Gasteiger partial charge < -0.3 is 5.73 Å². The van der Waals surface area contributed by atoms with E-state index in [1.54, 1.807) is 0 Å². The minimum absolute atomic E-state index is 0.895. The zero-order valence-corrected chi connectivity index (χ0v) is 6.65. The van der Waals surface area contributed by atoms with Gasteiger partial charge >= 0.3 is 0 Å². The van der Waals surface area contributed by atoms with Gasteiger partial charge in [0.2, 0.25) is 0 Å². The van der Waals surface area contributed by atoms with Gasteiger partial charge in [0.1, 0.15) is 0 Å². The molecule has 1 rings (SSSR count). The number of aryl methyl sites for hydroxylation is 2. The Morgan fingerprint density at radius 2 is 2.00 bits per heavy atom. The second-order valence-electron chi connectivity index (χ2n) is 2.68. The van der Waals surface area contributed by atoms with Crippen LogP contribution in [-0.2, 0) is 6.54 Å². The van der Waals surface area contributed by atoms with Gasteiger partial charge in [-0.25, -0.2) is 0 Å². The van der Waals surface area contributed by atoms with Crippen molar-refractivity contribution in [3.05, 3.63) is 34.9 Å². The fourth-order valence-electron chi connectivity index (χ4n) is 1.13. The van der Waals surface area contributed by atoms with Gasteiger partial charge in [-0.2, -0.15) is 0 Å². The maximum Gasteiger partial charge on any atom is 0.0999 e. The van der Waals surface area contributed by atoms with Crippen molar-refractivity contribution in [1.82, 2.24) is 0 Å². The highest BCUT2D eigenvalue weighted by Crippen LogP contribution is 2.08. The standard InChI is InChI=1S/C9H13N/c1-7-3-4-9(6-10)8(2)5-7/h3-5H,6,10H2,1-2H3/p+1. The number of hydrogen-bond donors (Lipinski definition) is 1. The van der Waals surface area contributed by atoms with Crippen molar-refractivity contribution in [2.45, 2.75) is 20.4 Å². The number of rotatable bonds is 1. The molecule has 0 saturated heterocycles. The lowest BCUT2D eigenvalue weighted by Crippen LogP contribution is -2.47. The van der Waals surface area contributed by atoms with Gasteiger partial charge in [-0.1, -0.05) is 23.8 Å². The van der Waals surface area contributed by atoms with Crippen LogP contribution in [0.3, 0.4) is 0 Å². The van der Waals surface area contributed by atoms with Crippen molar-refractivity contribution >= 4 is 0 Å². The van der Waals surface area contributed by atoms with Gasteiger partial charge in [-0.15, -0.1) is 0 Å². The minimum Gasteiger partial charge on any atom is -0.354 e. The first kappa shape index (κ1) is 7.29. The van der Waals surface area contributed by atoms with Crippen molar-refractivity contribution in [1.29, 1.82) is 0 Å². The second-order valence-corrected chi connectivity index (χ2v) is 2.68. The highest BCUT2D eigenvalue weighted by atomic mass is 14.5. The molecule has 0 aliphatic heterocycles. The summed E-state index contributed by atoms with van der Waals surface area (Å²) < 4.78 is 0. The lowest BCUT2D eigenvalue weighted by atomic mass is 10.1. The van der Waals surface area contributed by atoms with E-state index in [2.05, 4.69) is 37.8 Å². The summed E-state index contributed by atoms with van der Waals surface area (Å²) in [7, 11) is 0. The molecule has 0 radical (unpaired) electrons. The van der Waals surface area contributed by atoms with Crippen LogP contribution in [0.25, 0.3) is 0 Å². The van der Waals surface area contributed by atoms with Crippen LogP contribution in [0.4, 0.5) is 0 Å². The van der Waals surface area contributed by atoms with Crippen molar-refractivity contribution in [3.8, 4) is 0 Å². The van der Waals surface area contributed by atoms with Crippen molar-refractivity contribution < 1.29 is 5.73 Å². The second kappa shape index (κ2) is 2.84. The third-order valence-electron chi connectivity index (χ3n) is 1.77. The summed E-state index contributed by atoms with van der Waals surface area (Å²) >= 11 is 0. The normalized spacial score (nSPS) is 9.90. The maximum absolute atomic E-state index is 3.85. The van der Waals surface area contributed by atoms with Crippen LogP contribution >= 0.6 is 0 Å². The molecule has 54 valence electrons. The zero-order valence-electron chi connectivity index (χ0n) is 6.65. The Bertz CT molecular complexity index is 228. The molecule has 0 atom stereocenters. The average Bonchev–Trinajstić information content (AvgIpc) is 1.88. The Morgan fingerprint density at radius 1 is 1.30 bits per heavy atom. The quantitative estimate of drug-likeness (QED) is 0.597. The van der Waals surface area contributed by atoms with E-state index in [1.807, 2.05) is 0 Å². The Kier molecular flexibility index (Phi) is 2.07. The van der Waals surface area contributed by atoms with Crippen LogP contribution in [0, 0.1) is 13.8 Å². The Balaban J connectivity index is 3.07. The molecule has 1 aromatic carbocycles. The molecular weight excluding hydrogens is 122 g/mol. The number of quaternary nitrogens is 1. The molecule has 0 heterocycles. The lowest BCUT2D eigenvalue weighted by Gasteiger charge is -2.00. The summed E-state index contributed by atoms with van der Waals surface area (Å²) in [6.07, 6.45) is 0. The van der Waals surface area contributed by atoms with E-state index in [0.717, 1.165) is 6.54 Å². The molecule has 0 bridgehead atoms. The van der Waals surface area contributed by atoms with Crippen LogP contribution in [-0.4, -0.2) is 0 Å². The SMILES string of the molecule is Cc1ccc(C[NH3+])c(C)c1. The van der Waals surface area contributed by atoms with Crippen LogP contribution in [0.1, 0.15) is 16.7 Å². The fourth-order valence-corrected chi connectivity index (χ4v) is 1.13. The molecule has 1 heteroatoms. The van der Waals surface area contributed by atoms with Crippen LogP contribution < -0.4 is 5.73 Å². The molecule has 0 unspecified atom stereocenters. The van der Waals surface area contributed by atoms with E-state index in [0.29, 0.717) is 0 Å². The molecule has 0 aromatic heterocycles. The highest BCUT2D eigenvalue weighted by Gasteiger charge is 1.95. The molecule has 3 N–H and O–H groups in total. The van der Waals surface area contributed by atoms with Crippen LogP contribution in [0.15, 0.2) is 18.2 Å². The van der Waals surface area contributed by atoms with Gasteiger partial charge in [0, 0.05) is 5.56 Å². The third-order valence-corrected chi connectivity index (χ3v) is 1.77. The molecular formula is C9H14N+. The topological polar surface area (TPSA) is 27.6 Å². The van der Waals surface area contributed by atoms with Gasteiger partial charge in [0.15, 0.2) is 0 Å². The van der Waals surface area contributed by atoms with Gasteiger partial charge in [-0.3, -0.25) is 0 Å². The molecule has 0 aliphatic rings. The van der Waals surface area contributed by atoms with E-state index >= 15 is 0 Å². The van der Waals surface area contributed by atoms with Crippen LogP contribution in [0.2, 0.25) is 0 Å². The Morgan fingerprint density at radius 3 is 2.50 bits per heavy atom. The monoisotopic (exact) mass is 136 g/mol. The number of benzene rings is 1. The smallest absolute Gasteiger partial charge is 0.0999 e. The predicted octanol–water partition coefficient (Wildman–Crippen LogP) is 1.05. The maximum atomic E-state index is 3.85. The minimum atomic E-state index is 0.895. The van der Waals surface area contributed by atoms with Crippen molar-refractivity contribution in [2.24, 2.45) is 0 Å². The van der Waals surface area contributed by atoms with Gasteiger partial charge in [0.05, 0.1) is 6.54 Å². The summed E-state index contributed by atoms with van der Waals surface area (Å²) in [4.78, 5) is 0. The molecule has 0 saturated carbocycles. The molecule has 0 amide bonds. The average molecular weight is 136 g/mol. The number of hydrogen-bond acceptors (Lipinski definition) is 0. The largest absolute Gasteiger partial charge is 0.354 e. The molecule has 0 aliphatic carbocycles. The third kappa shape index (κ3) is 1.36. The van der Waals surface area contributed by atoms with E-state index in [-0.39, 0.29) is 0 Å². The lowest BCUT2D eigenvalue weighted by molar-refractivity contribution is -0.386. The van der Waals surface area contributed by atoms with E-state index in [1.165, 1.54) is 16.7 Å². The molecule has 0 fully saturated rings. The molecule has 1 aromatic rings. The van der Waals surface area contributed by atoms with Crippen LogP contribution in [0.5, 0.6) is 0 Å². The highest BCUT2D eigenvalue weighted by molar-refractivity contribution is 5.29. The van der Waals surface area contributed by atoms with E-state index in [4.69, 9.17) is 0 Å². The van der Waals surface area contributed by atoms with Crippen molar-refractivity contribution in [3.63, 3.8) is 0 Å². The van der Waals surface area contributed by atoms with E-state index in [9.17, 15) is 0 Å². The summed E-state index contributed by atoms with van der Waals surface area (Å²) in [5.41, 5.74) is 7.88.